The van der Waals surface area contributed by atoms with Gasteiger partial charge in [0.05, 0.1) is 33.8 Å². The van der Waals surface area contributed by atoms with Crippen LogP contribution in [0.15, 0.2) is 97.2 Å². The smallest absolute Gasteiger partial charge is 0.306 e. The van der Waals surface area contributed by atoms with Crippen molar-refractivity contribution in [1.29, 1.82) is 0 Å². The molecular weight excluding hydrogens is 976 g/mol. The van der Waals surface area contributed by atoms with E-state index in [1.54, 1.807) is 0 Å². The fourth-order valence-corrected chi connectivity index (χ4v) is 9.36. The van der Waals surface area contributed by atoms with Gasteiger partial charge in [-0.05, 0) is 109 Å². The van der Waals surface area contributed by atoms with Crippen molar-refractivity contribution < 1.29 is 37.3 Å². The normalized spacial score (nSPS) is 14.3. The Morgan fingerprint density at radius 1 is 0.468 bits per heavy atom. The van der Waals surface area contributed by atoms with Crippen molar-refractivity contribution in [3.05, 3.63) is 97.2 Å². The van der Waals surface area contributed by atoms with E-state index in [4.69, 9.17) is 13.8 Å². The van der Waals surface area contributed by atoms with Crippen LogP contribution < -0.4 is 10.2 Å². The number of quaternary nitrogens is 1. The number of rotatable bonds is 56. The molecule has 9 nitrogen and oxygen atoms in total. The minimum atomic E-state index is -4.71. The second kappa shape index (κ2) is 56.2. The summed E-state index contributed by atoms with van der Waals surface area (Å²) in [4.78, 5) is 40.0. The Morgan fingerprint density at radius 2 is 0.831 bits per heavy atom. The summed E-state index contributed by atoms with van der Waals surface area (Å²) in [6.45, 7) is 6.70. The van der Waals surface area contributed by atoms with Gasteiger partial charge in [0, 0.05) is 12.8 Å². The first-order valence-electron chi connectivity index (χ1n) is 31.5. The van der Waals surface area contributed by atoms with Crippen molar-refractivity contribution in [1.82, 2.24) is 5.32 Å². The second-order valence-corrected chi connectivity index (χ2v) is 23.6. The first-order chi connectivity index (χ1) is 37.4. The van der Waals surface area contributed by atoms with Crippen LogP contribution in [0, 0.1) is 0 Å². The van der Waals surface area contributed by atoms with Crippen LogP contribution >= 0.6 is 7.82 Å². The topological polar surface area (TPSA) is 114 Å². The van der Waals surface area contributed by atoms with Crippen LogP contribution in [0.5, 0.6) is 0 Å². The molecule has 3 atom stereocenters. The highest BCUT2D eigenvalue weighted by molar-refractivity contribution is 7.45. The van der Waals surface area contributed by atoms with Crippen molar-refractivity contribution in [2.24, 2.45) is 0 Å². The number of amides is 1. The number of carbonyl (C=O) groups is 2. The highest BCUT2D eigenvalue weighted by Crippen LogP contribution is 2.38. The summed E-state index contributed by atoms with van der Waals surface area (Å²) < 4.78 is 30.3. The molecule has 3 unspecified atom stereocenters. The Bertz CT molecular complexity index is 1640. The van der Waals surface area contributed by atoms with E-state index in [1.807, 2.05) is 33.3 Å². The van der Waals surface area contributed by atoms with Gasteiger partial charge in [0.15, 0.2) is 0 Å². The largest absolute Gasteiger partial charge is 0.756 e. The maximum Gasteiger partial charge on any atom is 0.306 e. The van der Waals surface area contributed by atoms with Crippen LogP contribution in [-0.4, -0.2) is 69.4 Å². The summed E-state index contributed by atoms with van der Waals surface area (Å²) in [6.07, 6.45) is 75.1. The van der Waals surface area contributed by atoms with Gasteiger partial charge >= 0.3 is 5.97 Å². The van der Waals surface area contributed by atoms with E-state index >= 15 is 0 Å². The van der Waals surface area contributed by atoms with Gasteiger partial charge in [-0.1, -0.05) is 240 Å². The molecule has 0 spiro atoms. The van der Waals surface area contributed by atoms with E-state index in [1.165, 1.54) is 103 Å². The number of nitrogens with zero attached hydrogens (tertiary/aromatic N) is 1. The van der Waals surface area contributed by atoms with Crippen molar-refractivity contribution in [3.8, 4) is 0 Å². The minimum absolute atomic E-state index is 0.0323. The molecule has 0 bridgehead atoms. The highest BCUT2D eigenvalue weighted by atomic mass is 31.2. The molecule has 0 aromatic heterocycles. The van der Waals surface area contributed by atoms with Gasteiger partial charge in [0.25, 0.3) is 7.82 Å². The molecule has 0 radical (unpaired) electrons. The molecule has 77 heavy (non-hydrogen) atoms. The van der Waals surface area contributed by atoms with Crippen molar-refractivity contribution in [2.75, 3.05) is 40.9 Å². The predicted octanol–water partition coefficient (Wildman–Crippen LogP) is 18.9. The fraction of sp³-hybridized carbons (Fsp3) is 0.731. The summed E-state index contributed by atoms with van der Waals surface area (Å²) >= 11 is 0. The predicted molar refractivity (Wildman–Crippen MR) is 330 cm³/mol. The number of phosphoric acid groups is 1. The van der Waals surface area contributed by atoms with Crippen LogP contribution in [0.25, 0.3) is 0 Å². The number of nitrogens with one attached hydrogen (secondary N) is 1. The molecule has 0 saturated heterocycles. The Balaban J connectivity index is 5.30. The fourth-order valence-electron chi connectivity index (χ4n) is 8.64. The first kappa shape index (κ1) is 73.9. The lowest BCUT2D eigenvalue weighted by Gasteiger charge is -2.30. The molecule has 10 heteroatoms. The minimum Gasteiger partial charge on any atom is -0.756 e. The summed E-state index contributed by atoms with van der Waals surface area (Å²) in [5, 5.41) is 3.02. The van der Waals surface area contributed by atoms with Crippen LogP contribution in [0.4, 0.5) is 0 Å². The third-order valence-corrected chi connectivity index (χ3v) is 14.5. The Labute approximate surface area is 475 Å². The van der Waals surface area contributed by atoms with Crippen molar-refractivity contribution in [3.63, 3.8) is 0 Å². The number of ether oxygens (including phenoxy) is 1. The number of esters is 1. The van der Waals surface area contributed by atoms with Gasteiger partial charge in [-0.25, -0.2) is 0 Å². The molecule has 0 aromatic carbocycles. The lowest BCUT2D eigenvalue weighted by atomic mass is 10.0. The maximum atomic E-state index is 13.5. The summed E-state index contributed by atoms with van der Waals surface area (Å²) in [6, 6.07) is -0.908. The molecule has 0 saturated carbocycles. The monoisotopic (exact) mass is 1090 g/mol. The van der Waals surface area contributed by atoms with E-state index in [2.05, 4.69) is 111 Å². The molecule has 0 aliphatic heterocycles. The Kier molecular flexibility index (Phi) is 54.0. The molecule has 1 N–H and O–H groups in total. The SMILES string of the molecule is CC/C=C\C/C=C\C/C=C\C/C=C\C/C=C\C/C=C\CCCCCCC(=O)OC(/C=C\CCCCCCCCCCCC)C(COP(=O)([O-])OCC[N+](C)(C)C)NC(=O)CCCCCCC/C=C/CCCCCCCCC. The number of hydrogen-bond donors (Lipinski definition) is 1. The Hall–Kier alpha value is -3.07. The zero-order valence-corrected chi connectivity index (χ0v) is 51.5. The van der Waals surface area contributed by atoms with Gasteiger partial charge < -0.3 is 28.5 Å². The third-order valence-electron chi connectivity index (χ3n) is 13.5. The number of carbonyl (C=O) groups excluding carboxylic acids is 2. The van der Waals surface area contributed by atoms with E-state index in [0.717, 1.165) is 122 Å². The average molecular weight is 1100 g/mol. The van der Waals surface area contributed by atoms with E-state index < -0.39 is 26.6 Å². The highest BCUT2D eigenvalue weighted by Gasteiger charge is 2.27. The summed E-state index contributed by atoms with van der Waals surface area (Å²) in [5.74, 6) is -0.582. The second-order valence-electron chi connectivity index (χ2n) is 22.2. The number of allylic oxidation sites excluding steroid dienone is 15. The van der Waals surface area contributed by atoms with Crippen LogP contribution in [0.1, 0.15) is 265 Å². The van der Waals surface area contributed by atoms with Gasteiger partial charge in [0.1, 0.15) is 19.3 Å². The molecular formula is C67H119N2O7P. The number of likely N-dealkylation sites (N-methyl/N-ethyl adjacent to an activating group) is 1. The van der Waals surface area contributed by atoms with Gasteiger partial charge in [-0.3, -0.25) is 14.2 Å². The zero-order valence-electron chi connectivity index (χ0n) is 50.6. The summed E-state index contributed by atoms with van der Waals surface area (Å²) in [7, 11) is 1.15. The molecule has 0 fully saturated rings. The summed E-state index contributed by atoms with van der Waals surface area (Å²) in [5.41, 5.74) is 0. The molecule has 0 aromatic rings. The molecule has 0 heterocycles. The van der Waals surface area contributed by atoms with Crippen molar-refractivity contribution >= 4 is 19.7 Å². The number of hydrogen-bond acceptors (Lipinski definition) is 7. The average Bonchev–Trinajstić information content (AvgIpc) is 3.39. The lowest BCUT2D eigenvalue weighted by Crippen LogP contribution is -2.47. The molecule has 1 amide bonds. The standard InChI is InChI=1S/C67H119N2O7P/c1-7-10-13-16-19-22-25-28-30-32-33-34-35-36-37-38-40-42-45-48-51-54-57-60-67(71)76-65(58-55-52-49-46-43-27-24-21-18-15-12-9-3)64(63-75-77(72,73)74-62-61-69(4,5)6)68-66(70)59-56-53-50-47-44-41-39-31-29-26-23-20-17-14-11-8-2/h10,13,19,22,28,30-31,33-34,36-37,39-40,42,55,58,64-65H,7-9,11-12,14-18,20-21,23-27,29,32,35,38,41,43-54,56-57,59-63H2,1-6H3,(H-,68,70,72,73)/b13-10-,22-19-,30-28-,34-33-,37-36-,39-31+,42-40-,58-55-. The third kappa shape index (κ3) is 57.4. The molecule has 444 valence electrons. The molecule has 0 rings (SSSR count). The molecule has 0 aliphatic rings. The quantitative estimate of drug-likeness (QED) is 0.0212. The Morgan fingerprint density at radius 3 is 1.26 bits per heavy atom. The van der Waals surface area contributed by atoms with E-state index in [0.29, 0.717) is 23.9 Å². The maximum absolute atomic E-state index is 13.5. The van der Waals surface area contributed by atoms with E-state index in [-0.39, 0.29) is 24.9 Å². The van der Waals surface area contributed by atoms with Crippen LogP contribution in [0.2, 0.25) is 0 Å². The van der Waals surface area contributed by atoms with Crippen molar-refractivity contribution in [2.45, 2.75) is 277 Å². The number of phosphoric ester groups is 1. The van der Waals surface area contributed by atoms with Gasteiger partial charge in [-0.2, -0.15) is 0 Å². The zero-order chi connectivity index (χ0) is 56.4. The van der Waals surface area contributed by atoms with E-state index in [9.17, 15) is 19.0 Å². The van der Waals surface area contributed by atoms with Crippen LogP contribution in [-0.2, 0) is 27.9 Å². The molecule has 0 aliphatic carbocycles. The van der Waals surface area contributed by atoms with Gasteiger partial charge in [0.2, 0.25) is 5.91 Å². The van der Waals surface area contributed by atoms with Crippen LogP contribution in [0.3, 0.4) is 0 Å². The number of unbranched alkanes of at least 4 members (excludes halogenated alkanes) is 26. The first-order valence-corrected chi connectivity index (χ1v) is 33.0. The van der Waals surface area contributed by atoms with Gasteiger partial charge in [-0.15, -0.1) is 0 Å². The lowest BCUT2D eigenvalue weighted by molar-refractivity contribution is -0.870.